The van der Waals surface area contributed by atoms with Gasteiger partial charge in [0.05, 0.1) is 0 Å². The molecule has 0 saturated heterocycles. The normalized spacial score (nSPS) is 12.8. The van der Waals surface area contributed by atoms with Gasteiger partial charge in [-0.3, -0.25) is 14.4 Å². The molecule has 6 heteroatoms. The van der Waals surface area contributed by atoms with Crippen molar-refractivity contribution in [3.63, 3.8) is 0 Å². The molecule has 0 aliphatic heterocycles. The summed E-state index contributed by atoms with van der Waals surface area (Å²) in [6, 6.07) is 0. The fourth-order valence-electron chi connectivity index (χ4n) is 8.88. The zero-order valence-electron chi connectivity index (χ0n) is 50.4. The average molecular weight is 1070 g/mol. The number of ether oxygens (including phenoxy) is 3. The van der Waals surface area contributed by atoms with Crippen molar-refractivity contribution in [1.29, 1.82) is 0 Å². The van der Waals surface area contributed by atoms with E-state index in [0.717, 1.165) is 135 Å². The van der Waals surface area contributed by atoms with E-state index >= 15 is 0 Å². The maximum Gasteiger partial charge on any atom is 0.306 e. The fraction of sp³-hybridized carbons (Fsp3) is 0.704. The quantitative estimate of drug-likeness (QED) is 0.0261. The van der Waals surface area contributed by atoms with Gasteiger partial charge in [0.15, 0.2) is 6.10 Å². The molecule has 0 rings (SSSR count). The Balaban J connectivity index is 4.39. The molecule has 0 aliphatic rings. The SMILES string of the molecule is CC/C=C\C/C=C\C/C=C\C/C=C\CCCCCCCCC(=O)OC(COC(=O)CCCCCCC/C=C\C/C=C\CCCCC)COC(=O)CCCCCCCCCCCC/C=C\C/C=C\C/C=C\CCCCCCC. The van der Waals surface area contributed by atoms with Crippen LogP contribution in [0.2, 0.25) is 0 Å². The minimum absolute atomic E-state index is 0.0914. The van der Waals surface area contributed by atoms with E-state index in [0.29, 0.717) is 19.3 Å². The molecule has 0 bridgehead atoms. The number of allylic oxidation sites excluding steroid dienone is 18. The van der Waals surface area contributed by atoms with E-state index < -0.39 is 6.10 Å². The van der Waals surface area contributed by atoms with Crippen molar-refractivity contribution >= 4 is 17.9 Å². The molecule has 0 radical (unpaired) electrons. The first-order chi connectivity index (χ1) is 38.0. The predicted molar refractivity (Wildman–Crippen MR) is 334 cm³/mol. The molecule has 0 aromatic carbocycles. The van der Waals surface area contributed by atoms with Crippen LogP contribution in [0.25, 0.3) is 0 Å². The van der Waals surface area contributed by atoms with Gasteiger partial charge >= 0.3 is 17.9 Å². The number of rotatable bonds is 58. The Kier molecular flexibility index (Phi) is 61.3. The number of esters is 3. The maximum atomic E-state index is 12.9. The highest BCUT2D eigenvalue weighted by Gasteiger charge is 2.19. The Morgan fingerprint density at radius 2 is 0.506 bits per heavy atom. The summed E-state index contributed by atoms with van der Waals surface area (Å²) in [4.78, 5) is 38.3. The Labute approximate surface area is 476 Å². The number of hydrogen-bond acceptors (Lipinski definition) is 6. The van der Waals surface area contributed by atoms with Crippen LogP contribution in [-0.2, 0) is 28.6 Å². The lowest BCUT2D eigenvalue weighted by Crippen LogP contribution is -2.30. The van der Waals surface area contributed by atoms with Gasteiger partial charge in [-0.2, -0.15) is 0 Å². The van der Waals surface area contributed by atoms with Crippen LogP contribution < -0.4 is 0 Å². The molecule has 0 N–H and O–H groups in total. The highest BCUT2D eigenvalue weighted by atomic mass is 16.6. The number of carbonyl (C=O) groups excluding carboxylic acids is 3. The van der Waals surface area contributed by atoms with Crippen molar-refractivity contribution in [2.24, 2.45) is 0 Å². The summed E-state index contributed by atoms with van der Waals surface area (Å²) < 4.78 is 16.9. The molecule has 440 valence electrons. The van der Waals surface area contributed by atoms with Crippen molar-refractivity contribution in [1.82, 2.24) is 0 Å². The summed E-state index contributed by atoms with van der Waals surface area (Å²) in [5.41, 5.74) is 0. The third kappa shape index (κ3) is 62.8. The largest absolute Gasteiger partial charge is 0.462 e. The molecular formula is C71H120O6. The third-order valence-electron chi connectivity index (χ3n) is 13.7. The molecular weight excluding hydrogens is 949 g/mol. The summed E-state index contributed by atoms with van der Waals surface area (Å²) in [5, 5.41) is 0. The van der Waals surface area contributed by atoms with Crippen LogP contribution in [-0.4, -0.2) is 37.2 Å². The molecule has 0 spiro atoms. The molecule has 6 nitrogen and oxygen atoms in total. The molecule has 1 unspecified atom stereocenters. The van der Waals surface area contributed by atoms with E-state index in [1.807, 2.05) is 0 Å². The molecule has 0 amide bonds. The van der Waals surface area contributed by atoms with Crippen LogP contribution >= 0.6 is 0 Å². The number of carbonyl (C=O) groups is 3. The first-order valence-corrected chi connectivity index (χ1v) is 32.4. The highest BCUT2D eigenvalue weighted by Crippen LogP contribution is 2.15. The minimum atomic E-state index is -0.797. The van der Waals surface area contributed by atoms with E-state index in [9.17, 15) is 14.4 Å². The minimum Gasteiger partial charge on any atom is -0.462 e. The van der Waals surface area contributed by atoms with Crippen LogP contribution in [0.4, 0.5) is 0 Å². The molecule has 0 heterocycles. The second-order valence-electron chi connectivity index (χ2n) is 21.3. The molecule has 1 atom stereocenters. The summed E-state index contributed by atoms with van der Waals surface area (Å²) in [6.07, 6.45) is 88.0. The zero-order chi connectivity index (χ0) is 55.7. The lowest BCUT2D eigenvalue weighted by Gasteiger charge is -2.18. The summed E-state index contributed by atoms with van der Waals surface area (Å²) >= 11 is 0. The van der Waals surface area contributed by atoms with Crippen LogP contribution in [0.5, 0.6) is 0 Å². The Morgan fingerprint density at radius 3 is 0.818 bits per heavy atom. The molecule has 0 aromatic rings. The van der Waals surface area contributed by atoms with Gasteiger partial charge in [0.1, 0.15) is 13.2 Å². The summed E-state index contributed by atoms with van der Waals surface area (Å²) in [6.45, 7) is 6.48. The van der Waals surface area contributed by atoms with E-state index in [1.54, 1.807) is 0 Å². The molecule has 0 aromatic heterocycles. The van der Waals surface area contributed by atoms with Crippen LogP contribution in [0.15, 0.2) is 109 Å². The number of unbranched alkanes of at least 4 members (excludes halogenated alkanes) is 29. The van der Waals surface area contributed by atoms with Gasteiger partial charge in [0.25, 0.3) is 0 Å². The average Bonchev–Trinajstić information content (AvgIpc) is 3.43. The second-order valence-corrected chi connectivity index (χ2v) is 21.3. The lowest BCUT2D eigenvalue weighted by molar-refractivity contribution is -0.167. The van der Waals surface area contributed by atoms with Gasteiger partial charge in [0, 0.05) is 19.3 Å². The fourth-order valence-corrected chi connectivity index (χ4v) is 8.88. The van der Waals surface area contributed by atoms with Crippen molar-refractivity contribution in [3.05, 3.63) is 109 Å². The third-order valence-corrected chi connectivity index (χ3v) is 13.7. The predicted octanol–water partition coefficient (Wildman–Crippen LogP) is 22.2. The Morgan fingerprint density at radius 1 is 0.273 bits per heavy atom. The number of hydrogen-bond donors (Lipinski definition) is 0. The highest BCUT2D eigenvalue weighted by molar-refractivity contribution is 5.71. The van der Waals surface area contributed by atoms with Gasteiger partial charge in [-0.15, -0.1) is 0 Å². The van der Waals surface area contributed by atoms with Gasteiger partial charge in [-0.05, 0) is 128 Å². The summed E-state index contributed by atoms with van der Waals surface area (Å²) in [5.74, 6) is -0.916. The molecule has 0 aliphatic carbocycles. The molecule has 0 saturated carbocycles. The van der Waals surface area contributed by atoms with Gasteiger partial charge in [0.2, 0.25) is 0 Å². The Hall–Kier alpha value is -3.93. The van der Waals surface area contributed by atoms with Crippen molar-refractivity contribution in [2.75, 3.05) is 13.2 Å². The van der Waals surface area contributed by atoms with Crippen molar-refractivity contribution in [2.45, 2.75) is 309 Å². The van der Waals surface area contributed by atoms with Crippen molar-refractivity contribution in [3.8, 4) is 0 Å². The first-order valence-electron chi connectivity index (χ1n) is 32.4. The summed E-state index contributed by atoms with van der Waals surface area (Å²) in [7, 11) is 0. The van der Waals surface area contributed by atoms with E-state index in [4.69, 9.17) is 14.2 Å². The van der Waals surface area contributed by atoms with Gasteiger partial charge in [-0.25, -0.2) is 0 Å². The van der Waals surface area contributed by atoms with E-state index in [2.05, 4.69) is 130 Å². The first kappa shape index (κ1) is 73.1. The van der Waals surface area contributed by atoms with E-state index in [-0.39, 0.29) is 31.1 Å². The van der Waals surface area contributed by atoms with Crippen LogP contribution in [0, 0.1) is 0 Å². The molecule has 77 heavy (non-hydrogen) atoms. The topological polar surface area (TPSA) is 78.9 Å². The Bertz CT molecular complexity index is 1560. The van der Waals surface area contributed by atoms with Crippen LogP contribution in [0.1, 0.15) is 303 Å². The monoisotopic (exact) mass is 1070 g/mol. The van der Waals surface area contributed by atoms with Gasteiger partial charge in [-0.1, -0.05) is 265 Å². The van der Waals surface area contributed by atoms with Crippen molar-refractivity contribution < 1.29 is 28.6 Å². The smallest absolute Gasteiger partial charge is 0.306 e. The standard InChI is InChI=1S/C71H120O6/c1-4-7-10-13-16-19-22-25-28-30-32-33-34-35-36-37-39-40-43-46-49-52-55-58-61-64-70(73)76-67-68(66-75-69(72)63-60-57-54-51-48-45-42-27-24-21-18-15-12-9-6-3)77-71(74)65-62-59-56-53-50-47-44-41-38-31-29-26-23-20-17-14-11-8-5-2/h8,11,17-18,20-22,25-27,29-30,32,34-35,38,41-42,68H,4-7,9-10,12-16,19,23-24,28,31,33,36-37,39-40,43-67H2,1-3H3/b11-8-,20-17-,21-18-,25-22-,29-26-,32-30-,35-34-,41-38-,42-27-. The van der Waals surface area contributed by atoms with Crippen LogP contribution in [0.3, 0.4) is 0 Å². The molecule has 0 fully saturated rings. The van der Waals surface area contributed by atoms with Gasteiger partial charge < -0.3 is 14.2 Å². The lowest BCUT2D eigenvalue weighted by atomic mass is 10.1. The zero-order valence-corrected chi connectivity index (χ0v) is 50.4. The maximum absolute atomic E-state index is 12.9. The van der Waals surface area contributed by atoms with E-state index in [1.165, 1.54) is 128 Å². The second kappa shape index (κ2) is 64.6.